The zero-order valence-corrected chi connectivity index (χ0v) is 15.6. The Morgan fingerprint density at radius 3 is 2.73 bits per heavy atom. The lowest BCUT2D eigenvalue weighted by Crippen LogP contribution is -2.29. The summed E-state index contributed by atoms with van der Waals surface area (Å²) in [6.07, 6.45) is 0. The van der Waals surface area contributed by atoms with Crippen molar-refractivity contribution in [1.82, 2.24) is 9.66 Å². The first-order valence-corrected chi connectivity index (χ1v) is 8.98. The largest absolute Gasteiger partial charge is 0.465 e. The predicted molar refractivity (Wildman–Crippen MR) is 103 cm³/mol. The van der Waals surface area contributed by atoms with Crippen LogP contribution in [0.5, 0.6) is 0 Å². The maximum atomic E-state index is 12.5. The van der Waals surface area contributed by atoms with Crippen LogP contribution in [0.1, 0.15) is 27.0 Å². The number of benzene rings is 2. The summed E-state index contributed by atoms with van der Waals surface area (Å²) in [7, 11) is 1.31. The predicted octanol–water partition coefficient (Wildman–Crippen LogP) is 2.81. The van der Waals surface area contributed by atoms with Crippen molar-refractivity contribution >= 4 is 28.6 Å². The van der Waals surface area contributed by atoms with E-state index < -0.39 is 5.97 Å². The van der Waals surface area contributed by atoms with Crippen LogP contribution >= 0.6 is 11.8 Å². The number of hydrogen-bond acceptors (Lipinski definition) is 6. The van der Waals surface area contributed by atoms with Crippen molar-refractivity contribution in [2.75, 3.05) is 13.0 Å². The zero-order chi connectivity index (χ0) is 18.8. The van der Waals surface area contributed by atoms with Crippen molar-refractivity contribution in [2.45, 2.75) is 24.8 Å². The molecule has 2 N–H and O–H groups in total. The Morgan fingerprint density at radius 1 is 1.23 bits per heavy atom. The van der Waals surface area contributed by atoms with Gasteiger partial charge in [0.15, 0.2) is 5.16 Å². The van der Waals surface area contributed by atoms with Gasteiger partial charge in [-0.05, 0) is 43.2 Å². The zero-order valence-electron chi connectivity index (χ0n) is 14.8. The summed E-state index contributed by atoms with van der Waals surface area (Å²) in [5.74, 6) is 6.10. The van der Waals surface area contributed by atoms with Gasteiger partial charge in [0.25, 0.3) is 5.56 Å². The van der Waals surface area contributed by atoms with Gasteiger partial charge < -0.3 is 10.6 Å². The number of aryl methyl sites for hydroxylation is 2. The monoisotopic (exact) mass is 369 g/mol. The number of methoxy groups -OCH3 is 1. The minimum atomic E-state index is -0.477. The third-order valence-electron chi connectivity index (χ3n) is 4.15. The lowest BCUT2D eigenvalue weighted by atomic mass is 10.1. The van der Waals surface area contributed by atoms with Gasteiger partial charge in [-0.15, -0.1) is 0 Å². The molecule has 7 heteroatoms. The lowest BCUT2D eigenvalue weighted by Gasteiger charge is -2.10. The van der Waals surface area contributed by atoms with Crippen LogP contribution in [0.3, 0.4) is 0 Å². The molecule has 0 aliphatic carbocycles. The second-order valence-electron chi connectivity index (χ2n) is 6.01. The van der Waals surface area contributed by atoms with Crippen LogP contribution in [0.15, 0.2) is 46.3 Å². The van der Waals surface area contributed by atoms with Crippen LogP contribution in [0.4, 0.5) is 0 Å². The fourth-order valence-corrected chi connectivity index (χ4v) is 3.60. The van der Waals surface area contributed by atoms with Gasteiger partial charge in [-0.2, -0.15) is 0 Å². The Labute approximate surface area is 155 Å². The molecule has 6 nitrogen and oxygen atoms in total. The molecule has 0 atom stereocenters. The van der Waals surface area contributed by atoms with E-state index in [2.05, 4.69) is 23.2 Å². The summed E-state index contributed by atoms with van der Waals surface area (Å²) in [5, 5.41) is 0.752. The number of thioether (sulfide) groups is 1. The molecule has 1 heterocycles. The van der Waals surface area contributed by atoms with Crippen molar-refractivity contribution in [3.05, 3.63) is 69.0 Å². The van der Waals surface area contributed by atoms with Gasteiger partial charge in [-0.25, -0.2) is 14.5 Å². The number of carbonyl (C=O) groups is 1. The molecule has 0 saturated carbocycles. The quantitative estimate of drug-likeness (QED) is 0.329. The molecule has 0 aliphatic heterocycles. The summed E-state index contributed by atoms with van der Waals surface area (Å²) >= 11 is 1.38. The second kappa shape index (κ2) is 7.21. The first kappa shape index (κ1) is 18.0. The minimum Gasteiger partial charge on any atom is -0.465 e. The van der Waals surface area contributed by atoms with E-state index in [1.807, 2.05) is 13.8 Å². The van der Waals surface area contributed by atoms with Crippen LogP contribution in [-0.2, 0) is 10.5 Å². The Kier molecular flexibility index (Phi) is 4.99. The van der Waals surface area contributed by atoms with Gasteiger partial charge in [-0.1, -0.05) is 35.5 Å². The fourth-order valence-electron chi connectivity index (χ4n) is 2.62. The number of rotatable bonds is 4. The second-order valence-corrected chi connectivity index (χ2v) is 6.95. The molecule has 0 aliphatic rings. The molecule has 3 aromatic rings. The Bertz CT molecular complexity index is 1060. The highest BCUT2D eigenvalue weighted by Crippen LogP contribution is 2.24. The molecule has 0 spiro atoms. The number of hydrogen-bond donors (Lipinski definition) is 1. The van der Waals surface area contributed by atoms with Crippen molar-refractivity contribution in [2.24, 2.45) is 0 Å². The molecule has 26 heavy (non-hydrogen) atoms. The molecular weight excluding hydrogens is 350 g/mol. The summed E-state index contributed by atoms with van der Waals surface area (Å²) in [4.78, 5) is 28.7. The van der Waals surface area contributed by atoms with E-state index in [0.717, 1.165) is 10.2 Å². The molecule has 0 unspecified atom stereocenters. The van der Waals surface area contributed by atoms with E-state index in [4.69, 9.17) is 10.6 Å². The molecule has 0 radical (unpaired) electrons. The molecular formula is C19H19N3O3S. The molecule has 2 aromatic carbocycles. The number of aromatic nitrogens is 2. The van der Waals surface area contributed by atoms with Crippen LogP contribution in [0.2, 0.25) is 0 Å². The Hall–Kier alpha value is -2.80. The highest BCUT2D eigenvalue weighted by Gasteiger charge is 2.13. The van der Waals surface area contributed by atoms with Crippen LogP contribution in [0, 0.1) is 13.8 Å². The highest BCUT2D eigenvalue weighted by molar-refractivity contribution is 7.98. The van der Waals surface area contributed by atoms with Crippen molar-refractivity contribution in [3.8, 4) is 0 Å². The maximum absolute atomic E-state index is 12.5. The number of nitrogens with zero attached hydrogens (tertiary/aromatic N) is 2. The van der Waals surface area contributed by atoms with Crippen LogP contribution in [-0.4, -0.2) is 22.7 Å². The van der Waals surface area contributed by atoms with E-state index in [-0.39, 0.29) is 5.56 Å². The average molecular weight is 369 g/mol. The highest BCUT2D eigenvalue weighted by atomic mass is 32.2. The van der Waals surface area contributed by atoms with Crippen LogP contribution < -0.4 is 11.4 Å². The molecule has 0 fully saturated rings. The van der Waals surface area contributed by atoms with Gasteiger partial charge in [0.1, 0.15) is 0 Å². The minimum absolute atomic E-state index is 0.340. The van der Waals surface area contributed by atoms with Gasteiger partial charge >= 0.3 is 5.97 Å². The molecule has 134 valence electrons. The first-order chi connectivity index (χ1) is 12.4. The van der Waals surface area contributed by atoms with Gasteiger partial charge in [-0.3, -0.25) is 4.79 Å². The average Bonchev–Trinajstić information content (AvgIpc) is 2.64. The van der Waals surface area contributed by atoms with E-state index in [0.29, 0.717) is 27.4 Å². The maximum Gasteiger partial charge on any atom is 0.337 e. The third-order valence-corrected chi connectivity index (χ3v) is 5.15. The van der Waals surface area contributed by atoms with Gasteiger partial charge in [0.2, 0.25) is 0 Å². The van der Waals surface area contributed by atoms with Gasteiger partial charge in [0.05, 0.1) is 23.6 Å². The number of fused-ring (bicyclic) bond motifs is 1. The first-order valence-electron chi connectivity index (χ1n) is 8.00. The molecule has 0 bridgehead atoms. The van der Waals surface area contributed by atoms with Crippen LogP contribution in [0.25, 0.3) is 10.9 Å². The lowest BCUT2D eigenvalue weighted by molar-refractivity contribution is 0.0601. The normalized spacial score (nSPS) is 10.9. The smallest absolute Gasteiger partial charge is 0.337 e. The molecule has 0 amide bonds. The summed E-state index contributed by atoms with van der Waals surface area (Å²) in [6, 6.07) is 10.9. The molecule has 0 saturated heterocycles. The van der Waals surface area contributed by atoms with E-state index in [9.17, 15) is 9.59 Å². The number of esters is 1. The SMILES string of the molecule is COC(=O)c1ccc2c(=O)n(N)c(SCc3cc(C)ccc3C)nc2c1. The van der Waals surface area contributed by atoms with Crippen molar-refractivity contribution in [1.29, 1.82) is 0 Å². The number of nitrogens with two attached hydrogens (primary N) is 1. The van der Waals surface area contributed by atoms with Gasteiger partial charge in [0, 0.05) is 5.75 Å². The fraction of sp³-hybridized carbons (Fsp3) is 0.211. The standard InChI is InChI=1S/C19H19N3O3S/c1-11-4-5-12(2)14(8-11)10-26-19-21-16-9-13(18(24)25-3)6-7-15(16)17(23)22(19)20/h4-9H,10,20H2,1-3H3. The Balaban J connectivity index is 1.99. The number of ether oxygens (including phenoxy) is 1. The summed E-state index contributed by atoms with van der Waals surface area (Å²) in [6.45, 7) is 4.08. The number of carbonyl (C=O) groups excluding carboxylic acids is 1. The molecule has 1 aromatic heterocycles. The summed E-state index contributed by atoms with van der Waals surface area (Å²) in [5.41, 5.74) is 3.91. The Morgan fingerprint density at radius 2 is 2.00 bits per heavy atom. The van der Waals surface area contributed by atoms with E-state index in [1.54, 1.807) is 12.1 Å². The van der Waals surface area contributed by atoms with E-state index >= 15 is 0 Å². The summed E-state index contributed by atoms with van der Waals surface area (Å²) < 4.78 is 5.77. The molecule has 3 rings (SSSR count). The van der Waals surface area contributed by atoms with Crippen molar-refractivity contribution < 1.29 is 9.53 Å². The van der Waals surface area contributed by atoms with Crippen molar-refractivity contribution in [3.63, 3.8) is 0 Å². The number of nitrogen functional groups attached to an aromatic ring is 1. The topological polar surface area (TPSA) is 87.2 Å². The van der Waals surface area contributed by atoms with E-state index in [1.165, 1.54) is 36.1 Å². The third kappa shape index (κ3) is 3.43.